The van der Waals surface area contributed by atoms with E-state index in [9.17, 15) is 4.39 Å². The van der Waals surface area contributed by atoms with Crippen LogP contribution < -0.4 is 11.1 Å². The number of halogens is 2. The van der Waals surface area contributed by atoms with Gasteiger partial charge in [0.1, 0.15) is 5.82 Å². The second kappa shape index (κ2) is 5.29. The Labute approximate surface area is 88.2 Å². The van der Waals surface area contributed by atoms with Gasteiger partial charge in [0, 0.05) is 29.7 Å². The molecule has 1 atom stereocenters. The van der Waals surface area contributed by atoms with Crippen molar-refractivity contribution in [3.8, 4) is 0 Å². The predicted molar refractivity (Wildman–Crippen MR) is 56.8 cm³/mol. The lowest BCUT2D eigenvalue weighted by molar-refractivity contribution is 0.533. The molecule has 3 N–H and O–H groups in total. The van der Waals surface area contributed by atoms with E-state index < -0.39 is 0 Å². The summed E-state index contributed by atoms with van der Waals surface area (Å²) in [5.74, 6) is -0.283. The lowest BCUT2D eigenvalue weighted by atomic mass is 10.2. The summed E-state index contributed by atoms with van der Waals surface area (Å²) in [4.78, 5) is 0. The quantitative estimate of drug-likeness (QED) is 0.807. The van der Waals surface area contributed by atoms with E-state index >= 15 is 0 Å². The van der Waals surface area contributed by atoms with Crippen LogP contribution in [0.2, 0.25) is 5.02 Å². The minimum absolute atomic E-state index is 0.185. The van der Waals surface area contributed by atoms with Crippen molar-refractivity contribution in [3.63, 3.8) is 0 Å². The van der Waals surface area contributed by atoms with Crippen LogP contribution >= 0.6 is 11.6 Å². The van der Waals surface area contributed by atoms with E-state index in [4.69, 9.17) is 17.3 Å². The molecule has 0 unspecified atom stereocenters. The summed E-state index contributed by atoms with van der Waals surface area (Å²) in [7, 11) is 0. The maximum Gasteiger partial charge on any atom is 0.129 e. The molecule has 0 aromatic heterocycles. The predicted octanol–water partition coefficient (Wildman–Crippen LogP) is 1.92. The fraction of sp³-hybridized carbons (Fsp3) is 0.400. The van der Waals surface area contributed by atoms with E-state index in [0.717, 1.165) is 0 Å². The SMILES string of the molecule is C[C@H](CN)NCc1ccc(Cl)cc1F. The maximum atomic E-state index is 13.2. The highest BCUT2D eigenvalue weighted by Gasteiger charge is 2.04. The van der Waals surface area contributed by atoms with Crippen LogP contribution in [0.3, 0.4) is 0 Å². The van der Waals surface area contributed by atoms with Gasteiger partial charge < -0.3 is 11.1 Å². The molecule has 2 nitrogen and oxygen atoms in total. The first-order valence-corrected chi connectivity index (χ1v) is 4.88. The molecule has 0 aliphatic carbocycles. The molecule has 14 heavy (non-hydrogen) atoms. The number of rotatable bonds is 4. The van der Waals surface area contributed by atoms with Crippen molar-refractivity contribution in [2.24, 2.45) is 5.73 Å². The Balaban J connectivity index is 2.59. The molecule has 1 aromatic carbocycles. The van der Waals surface area contributed by atoms with Crippen LogP contribution in [0.5, 0.6) is 0 Å². The molecule has 78 valence electrons. The van der Waals surface area contributed by atoms with Crippen LogP contribution in [0, 0.1) is 5.82 Å². The molecule has 0 spiro atoms. The highest BCUT2D eigenvalue weighted by atomic mass is 35.5. The molecule has 4 heteroatoms. The van der Waals surface area contributed by atoms with E-state index in [2.05, 4.69) is 5.32 Å². The average Bonchev–Trinajstić information content (AvgIpc) is 2.16. The third-order valence-corrected chi connectivity index (χ3v) is 2.24. The molecule has 0 amide bonds. The van der Waals surface area contributed by atoms with E-state index in [0.29, 0.717) is 23.7 Å². The molecule has 0 aliphatic rings. The van der Waals surface area contributed by atoms with Gasteiger partial charge >= 0.3 is 0 Å². The van der Waals surface area contributed by atoms with Gasteiger partial charge in [0.25, 0.3) is 0 Å². The molecular weight excluding hydrogens is 203 g/mol. The summed E-state index contributed by atoms with van der Waals surface area (Å²) in [6.45, 7) is 2.96. The molecule has 0 fully saturated rings. The molecule has 0 saturated carbocycles. The third-order valence-electron chi connectivity index (χ3n) is 2.01. The van der Waals surface area contributed by atoms with Crippen molar-refractivity contribution in [1.29, 1.82) is 0 Å². The Bertz CT molecular complexity index is 304. The first kappa shape index (κ1) is 11.4. The molecule has 0 saturated heterocycles. The number of hydrogen-bond donors (Lipinski definition) is 2. The van der Waals surface area contributed by atoms with Crippen molar-refractivity contribution in [2.45, 2.75) is 19.5 Å². The fourth-order valence-corrected chi connectivity index (χ4v) is 1.19. The van der Waals surface area contributed by atoms with Gasteiger partial charge in [-0.25, -0.2) is 4.39 Å². The van der Waals surface area contributed by atoms with Gasteiger partial charge in [-0.3, -0.25) is 0 Å². The molecular formula is C10H14ClFN2. The van der Waals surface area contributed by atoms with Crippen LogP contribution in [0.4, 0.5) is 4.39 Å². The normalized spacial score (nSPS) is 12.9. The van der Waals surface area contributed by atoms with E-state index in [1.165, 1.54) is 6.07 Å². The Hall–Kier alpha value is -0.640. The zero-order valence-electron chi connectivity index (χ0n) is 8.06. The molecule has 0 bridgehead atoms. The van der Waals surface area contributed by atoms with Gasteiger partial charge in [0.15, 0.2) is 0 Å². The lowest BCUT2D eigenvalue weighted by Crippen LogP contribution is -2.32. The van der Waals surface area contributed by atoms with Gasteiger partial charge in [0.2, 0.25) is 0 Å². The summed E-state index contributed by atoms with van der Waals surface area (Å²) < 4.78 is 13.2. The summed E-state index contributed by atoms with van der Waals surface area (Å²) >= 11 is 5.63. The van der Waals surface area contributed by atoms with E-state index in [-0.39, 0.29) is 11.9 Å². The maximum absolute atomic E-state index is 13.2. The minimum atomic E-state index is -0.283. The Morgan fingerprint density at radius 2 is 2.29 bits per heavy atom. The van der Waals surface area contributed by atoms with Gasteiger partial charge in [-0.15, -0.1) is 0 Å². The van der Waals surface area contributed by atoms with E-state index in [1.807, 2.05) is 6.92 Å². The number of nitrogens with one attached hydrogen (secondary N) is 1. The summed E-state index contributed by atoms with van der Waals surface area (Å²) in [6, 6.07) is 4.85. The highest BCUT2D eigenvalue weighted by molar-refractivity contribution is 6.30. The van der Waals surface area contributed by atoms with E-state index in [1.54, 1.807) is 12.1 Å². The largest absolute Gasteiger partial charge is 0.329 e. The molecule has 1 rings (SSSR count). The van der Waals surface area contributed by atoms with Crippen LogP contribution in [-0.4, -0.2) is 12.6 Å². The van der Waals surface area contributed by atoms with Crippen molar-refractivity contribution in [1.82, 2.24) is 5.32 Å². The monoisotopic (exact) mass is 216 g/mol. The van der Waals surface area contributed by atoms with Crippen molar-refractivity contribution in [3.05, 3.63) is 34.6 Å². The van der Waals surface area contributed by atoms with Crippen LogP contribution in [-0.2, 0) is 6.54 Å². The summed E-state index contributed by atoms with van der Waals surface area (Å²) in [5, 5.41) is 3.52. The minimum Gasteiger partial charge on any atom is -0.329 e. The smallest absolute Gasteiger partial charge is 0.129 e. The summed E-state index contributed by atoms with van der Waals surface area (Å²) in [5.41, 5.74) is 6.03. The second-order valence-corrected chi connectivity index (χ2v) is 3.69. The van der Waals surface area contributed by atoms with Crippen molar-refractivity contribution < 1.29 is 4.39 Å². The fourth-order valence-electron chi connectivity index (χ4n) is 1.03. The zero-order valence-corrected chi connectivity index (χ0v) is 8.81. The second-order valence-electron chi connectivity index (χ2n) is 3.25. The Kier molecular flexibility index (Phi) is 4.32. The van der Waals surface area contributed by atoms with Crippen LogP contribution in [0.1, 0.15) is 12.5 Å². The number of benzene rings is 1. The Morgan fingerprint density at radius 3 is 2.86 bits per heavy atom. The molecule has 0 aliphatic heterocycles. The van der Waals surface area contributed by atoms with Gasteiger partial charge in [0.05, 0.1) is 0 Å². The number of nitrogens with two attached hydrogens (primary N) is 1. The topological polar surface area (TPSA) is 38.0 Å². The average molecular weight is 217 g/mol. The first-order valence-electron chi connectivity index (χ1n) is 4.51. The van der Waals surface area contributed by atoms with Gasteiger partial charge in [-0.1, -0.05) is 17.7 Å². The Morgan fingerprint density at radius 1 is 1.57 bits per heavy atom. The standard InChI is InChI=1S/C10H14ClFN2/c1-7(5-13)14-6-8-2-3-9(11)4-10(8)12/h2-4,7,14H,5-6,13H2,1H3/t7-/m1/s1. The zero-order chi connectivity index (χ0) is 10.6. The third kappa shape index (κ3) is 3.25. The molecule has 1 aromatic rings. The first-order chi connectivity index (χ1) is 6.63. The van der Waals surface area contributed by atoms with Crippen molar-refractivity contribution >= 4 is 11.6 Å². The highest BCUT2D eigenvalue weighted by Crippen LogP contribution is 2.14. The van der Waals surface area contributed by atoms with Crippen LogP contribution in [0.15, 0.2) is 18.2 Å². The lowest BCUT2D eigenvalue weighted by Gasteiger charge is -2.11. The number of hydrogen-bond acceptors (Lipinski definition) is 2. The molecule has 0 heterocycles. The van der Waals surface area contributed by atoms with Crippen LogP contribution in [0.25, 0.3) is 0 Å². The van der Waals surface area contributed by atoms with Gasteiger partial charge in [-0.2, -0.15) is 0 Å². The van der Waals surface area contributed by atoms with Crippen molar-refractivity contribution in [2.75, 3.05) is 6.54 Å². The van der Waals surface area contributed by atoms with Gasteiger partial charge in [-0.05, 0) is 19.1 Å². The summed E-state index contributed by atoms with van der Waals surface area (Å²) in [6.07, 6.45) is 0. The molecule has 0 radical (unpaired) electrons.